The van der Waals surface area contributed by atoms with Gasteiger partial charge in [0, 0.05) is 39.3 Å². The van der Waals surface area contributed by atoms with Gasteiger partial charge in [0.05, 0.1) is 7.11 Å². The summed E-state index contributed by atoms with van der Waals surface area (Å²) >= 11 is 0. The van der Waals surface area contributed by atoms with Gasteiger partial charge in [0.15, 0.2) is 0 Å². The van der Waals surface area contributed by atoms with Crippen molar-refractivity contribution in [3.05, 3.63) is 23.8 Å². The number of hydrogen-bond donors (Lipinski definition) is 1. The molecule has 9 heteroatoms. The number of rotatable bonds is 6. The minimum absolute atomic E-state index is 0. The van der Waals surface area contributed by atoms with Gasteiger partial charge in [-0.1, -0.05) is 0 Å². The highest BCUT2D eigenvalue weighted by Crippen LogP contribution is 2.27. The zero-order chi connectivity index (χ0) is 17.1. The number of ether oxygens (including phenoxy) is 1. The van der Waals surface area contributed by atoms with Gasteiger partial charge in [-0.3, -0.25) is 4.79 Å². The second-order valence-electron chi connectivity index (χ2n) is 5.15. The average molecular weight is 366 g/mol. The Morgan fingerprint density at radius 3 is 2.30 bits per heavy atom. The Bertz CT molecular complexity index is 649. The van der Waals surface area contributed by atoms with Crippen molar-refractivity contribution in [2.75, 3.05) is 34.8 Å². The van der Waals surface area contributed by atoms with Gasteiger partial charge in [0.25, 0.3) is 5.91 Å². The van der Waals surface area contributed by atoms with Crippen LogP contribution in [-0.2, 0) is 10.0 Å². The highest BCUT2D eigenvalue weighted by atomic mass is 35.5. The molecular weight excluding hydrogens is 342 g/mol. The number of amides is 1. The van der Waals surface area contributed by atoms with Crippen LogP contribution in [0.1, 0.15) is 17.3 Å². The molecule has 0 aliphatic rings. The number of nitrogens with zero attached hydrogens (tertiary/aromatic N) is 2. The number of sulfonamides is 1. The Kier molecular flexibility index (Phi) is 7.99. The molecule has 1 amide bonds. The molecule has 1 rings (SSSR count). The van der Waals surface area contributed by atoms with Crippen LogP contribution < -0.4 is 10.5 Å². The lowest BCUT2D eigenvalue weighted by molar-refractivity contribution is 0.0748. The van der Waals surface area contributed by atoms with Gasteiger partial charge in [-0.05, 0) is 25.1 Å². The van der Waals surface area contributed by atoms with Crippen LogP contribution in [0.15, 0.2) is 23.1 Å². The van der Waals surface area contributed by atoms with Crippen molar-refractivity contribution >= 4 is 28.3 Å². The first kappa shape index (κ1) is 21.6. The Hall–Kier alpha value is -1.35. The van der Waals surface area contributed by atoms with Crippen molar-refractivity contribution in [1.29, 1.82) is 0 Å². The first-order chi connectivity index (χ1) is 10.2. The Morgan fingerprint density at radius 1 is 1.30 bits per heavy atom. The van der Waals surface area contributed by atoms with E-state index in [1.54, 1.807) is 7.05 Å². The highest BCUT2D eigenvalue weighted by molar-refractivity contribution is 7.89. The Balaban J connectivity index is 0.00000484. The van der Waals surface area contributed by atoms with E-state index in [0.29, 0.717) is 6.54 Å². The van der Waals surface area contributed by atoms with Gasteiger partial charge in [-0.2, -0.15) is 0 Å². The van der Waals surface area contributed by atoms with E-state index in [1.165, 1.54) is 44.3 Å². The molecule has 0 saturated heterocycles. The van der Waals surface area contributed by atoms with E-state index >= 15 is 0 Å². The number of benzene rings is 1. The molecule has 132 valence electrons. The molecule has 0 aromatic heterocycles. The topological polar surface area (TPSA) is 92.9 Å². The van der Waals surface area contributed by atoms with E-state index < -0.39 is 10.0 Å². The van der Waals surface area contributed by atoms with Crippen molar-refractivity contribution in [3.63, 3.8) is 0 Å². The maximum absolute atomic E-state index is 12.4. The number of nitrogens with two attached hydrogens (primary N) is 1. The van der Waals surface area contributed by atoms with E-state index in [2.05, 4.69) is 0 Å². The molecule has 1 aromatic carbocycles. The second kappa shape index (κ2) is 8.49. The smallest absolute Gasteiger partial charge is 0.253 e. The van der Waals surface area contributed by atoms with Crippen molar-refractivity contribution in [2.45, 2.75) is 17.9 Å². The Labute approximate surface area is 143 Å². The van der Waals surface area contributed by atoms with E-state index in [0.717, 1.165) is 4.31 Å². The lowest BCUT2D eigenvalue weighted by Crippen LogP contribution is -2.39. The van der Waals surface area contributed by atoms with Gasteiger partial charge in [0.1, 0.15) is 10.6 Å². The third kappa shape index (κ3) is 4.57. The summed E-state index contributed by atoms with van der Waals surface area (Å²) in [6.45, 7) is 2.14. The molecule has 1 aromatic rings. The number of carbonyl (C=O) groups excluding carboxylic acids is 1. The summed E-state index contributed by atoms with van der Waals surface area (Å²) in [5.74, 6) is -0.101. The van der Waals surface area contributed by atoms with Crippen LogP contribution in [0.3, 0.4) is 0 Å². The minimum Gasteiger partial charge on any atom is -0.495 e. The molecule has 2 N–H and O–H groups in total. The fourth-order valence-corrected chi connectivity index (χ4v) is 2.84. The lowest BCUT2D eigenvalue weighted by atomic mass is 10.1. The third-order valence-corrected chi connectivity index (χ3v) is 5.33. The monoisotopic (exact) mass is 365 g/mol. The molecule has 23 heavy (non-hydrogen) atoms. The Morgan fingerprint density at radius 2 is 1.87 bits per heavy atom. The molecule has 0 radical (unpaired) electrons. The first-order valence-corrected chi connectivity index (χ1v) is 8.18. The fraction of sp³-hybridized carbons (Fsp3) is 0.500. The molecule has 0 fully saturated rings. The van der Waals surface area contributed by atoms with Crippen molar-refractivity contribution in [3.8, 4) is 5.75 Å². The molecule has 0 heterocycles. The van der Waals surface area contributed by atoms with Gasteiger partial charge in [0.2, 0.25) is 10.0 Å². The number of hydrogen-bond acceptors (Lipinski definition) is 5. The SMILES string of the molecule is COc1ccc(C(=O)N(C)C(C)CN)cc1S(=O)(=O)N(C)C.Cl. The molecule has 0 saturated carbocycles. The largest absolute Gasteiger partial charge is 0.495 e. The number of likely N-dealkylation sites (N-methyl/N-ethyl adjacent to an activating group) is 1. The van der Waals surface area contributed by atoms with Crippen molar-refractivity contribution in [1.82, 2.24) is 9.21 Å². The molecule has 0 spiro atoms. The standard InChI is InChI=1S/C14H23N3O4S.ClH/c1-10(9-15)17(4)14(18)11-6-7-12(21-5)13(8-11)22(19,20)16(2)3;/h6-8,10H,9,15H2,1-5H3;1H. The summed E-state index contributed by atoms with van der Waals surface area (Å²) in [6, 6.07) is 4.19. The molecule has 0 bridgehead atoms. The third-order valence-electron chi connectivity index (χ3n) is 3.49. The van der Waals surface area contributed by atoms with Crippen LogP contribution in [0.25, 0.3) is 0 Å². The average Bonchev–Trinajstić information content (AvgIpc) is 2.51. The molecule has 0 aliphatic heterocycles. The fourth-order valence-electron chi connectivity index (χ4n) is 1.77. The predicted octanol–water partition coefficient (Wildman–Crippen LogP) is 0.786. The van der Waals surface area contributed by atoms with Crippen molar-refractivity contribution in [2.24, 2.45) is 5.73 Å². The van der Waals surface area contributed by atoms with Crippen LogP contribution in [-0.4, -0.2) is 64.4 Å². The molecule has 7 nitrogen and oxygen atoms in total. The van der Waals surface area contributed by atoms with Crippen LogP contribution in [0.4, 0.5) is 0 Å². The van der Waals surface area contributed by atoms with E-state index in [1.807, 2.05) is 6.92 Å². The number of methoxy groups -OCH3 is 1. The van der Waals surface area contributed by atoms with Crippen LogP contribution in [0.2, 0.25) is 0 Å². The second-order valence-corrected chi connectivity index (χ2v) is 7.27. The highest BCUT2D eigenvalue weighted by Gasteiger charge is 2.25. The van der Waals surface area contributed by atoms with Crippen molar-refractivity contribution < 1.29 is 17.9 Å². The normalized spacial score (nSPS) is 12.5. The van der Waals surface area contributed by atoms with Crippen LogP contribution in [0.5, 0.6) is 5.75 Å². The lowest BCUT2D eigenvalue weighted by Gasteiger charge is -2.24. The van der Waals surface area contributed by atoms with Gasteiger partial charge >= 0.3 is 0 Å². The number of carbonyl (C=O) groups is 1. The molecule has 0 aliphatic carbocycles. The summed E-state index contributed by atoms with van der Waals surface area (Å²) in [5.41, 5.74) is 5.82. The summed E-state index contributed by atoms with van der Waals surface area (Å²) in [6.07, 6.45) is 0. The predicted molar refractivity (Wildman–Crippen MR) is 91.7 cm³/mol. The zero-order valence-corrected chi connectivity index (χ0v) is 15.6. The van der Waals surface area contributed by atoms with Crippen LogP contribution >= 0.6 is 12.4 Å². The molecule has 1 atom stereocenters. The summed E-state index contributed by atoms with van der Waals surface area (Å²) < 4.78 is 30.9. The zero-order valence-electron chi connectivity index (χ0n) is 13.9. The maximum atomic E-state index is 12.4. The summed E-state index contributed by atoms with van der Waals surface area (Å²) in [5, 5.41) is 0. The summed E-state index contributed by atoms with van der Waals surface area (Å²) in [4.78, 5) is 13.9. The minimum atomic E-state index is -3.71. The van der Waals surface area contributed by atoms with Gasteiger partial charge < -0.3 is 15.4 Å². The van der Waals surface area contributed by atoms with E-state index in [9.17, 15) is 13.2 Å². The summed E-state index contributed by atoms with van der Waals surface area (Å²) in [7, 11) is 2.14. The molecular formula is C14H24ClN3O4S. The van der Waals surface area contributed by atoms with Gasteiger partial charge in [-0.25, -0.2) is 12.7 Å². The van der Waals surface area contributed by atoms with Crippen LogP contribution in [0, 0.1) is 0 Å². The number of halogens is 1. The molecule has 1 unspecified atom stereocenters. The quantitative estimate of drug-likeness (QED) is 0.804. The maximum Gasteiger partial charge on any atom is 0.253 e. The van der Waals surface area contributed by atoms with Gasteiger partial charge in [-0.15, -0.1) is 12.4 Å². The van der Waals surface area contributed by atoms with E-state index in [4.69, 9.17) is 10.5 Å². The van der Waals surface area contributed by atoms with E-state index in [-0.39, 0.29) is 40.6 Å². The first-order valence-electron chi connectivity index (χ1n) is 6.74.